The van der Waals surface area contributed by atoms with Crippen molar-refractivity contribution in [1.82, 2.24) is 4.90 Å². The van der Waals surface area contributed by atoms with Crippen molar-refractivity contribution in [2.75, 3.05) is 14.1 Å². The molecule has 0 rings (SSSR count). The Balaban J connectivity index is 3.22. The minimum absolute atomic E-state index is 1.08. The second-order valence-corrected chi connectivity index (χ2v) is 3.22. The fraction of sp³-hybridized carbons (Fsp3) is 0.875. The zero-order valence-electron chi connectivity index (χ0n) is 7.18. The van der Waals surface area contributed by atoms with Crippen LogP contribution in [0.4, 0.5) is 0 Å². The SMILES string of the molecule is CCCCCC(=S)N(C)C. The molecule has 1 nitrogen and oxygen atoms in total. The monoisotopic (exact) mass is 159 g/mol. The number of unbranched alkanes of at least 4 members (excludes halogenated alkanes) is 2. The Bertz CT molecular complexity index is 99.4. The van der Waals surface area contributed by atoms with Gasteiger partial charge in [-0.2, -0.15) is 0 Å². The van der Waals surface area contributed by atoms with Gasteiger partial charge in [0.1, 0.15) is 0 Å². The summed E-state index contributed by atoms with van der Waals surface area (Å²) in [6.45, 7) is 2.21. The molecule has 0 aromatic heterocycles. The Morgan fingerprint density at radius 3 is 2.30 bits per heavy atom. The molecule has 0 heterocycles. The maximum atomic E-state index is 5.12. The lowest BCUT2D eigenvalue weighted by Crippen LogP contribution is -2.18. The quantitative estimate of drug-likeness (QED) is 0.458. The van der Waals surface area contributed by atoms with Gasteiger partial charge in [0.15, 0.2) is 0 Å². The van der Waals surface area contributed by atoms with Crippen LogP contribution < -0.4 is 0 Å². The molecule has 60 valence electrons. The summed E-state index contributed by atoms with van der Waals surface area (Å²) in [6, 6.07) is 0. The summed E-state index contributed by atoms with van der Waals surface area (Å²) in [5.74, 6) is 0. The third-order valence-corrected chi connectivity index (χ3v) is 2.06. The van der Waals surface area contributed by atoms with Crippen molar-refractivity contribution in [3.05, 3.63) is 0 Å². The van der Waals surface area contributed by atoms with Gasteiger partial charge in [-0.3, -0.25) is 0 Å². The van der Waals surface area contributed by atoms with Crippen molar-refractivity contribution in [3.63, 3.8) is 0 Å². The van der Waals surface area contributed by atoms with E-state index in [-0.39, 0.29) is 0 Å². The first-order valence-electron chi connectivity index (χ1n) is 3.88. The normalized spacial score (nSPS) is 9.50. The lowest BCUT2D eigenvalue weighted by Gasteiger charge is -2.12. The molecular formula is C8H17NS. The van der Waals surface area contributed by atoms with Crippen LogP contribution in [-0.4, -0.2) is 24.0 Å². The van der Waals surface area contributed by atoms with Gasteiger partial charge in [0.2, 0.25) is 0 Å². The number of rotatable bonds is 4. The van der Waals surface area contributed by atoms with E-state index in [1.165, 1.54) is 19.3 Å². The molecular weight excluding hydrogens is 142 g/mol. The van der Waals surface area contributed by atoms with E-state index in [1.54, 1.807) is 0 Å². The predicted octanol–water partition coefficient (Wildman–Crippen LogP) is 2.46. The van der Waals surface area contributed by atoms with Gasteiger partial charge >= 0.3 is 0 Å². The fourth-order valence-corrected chi connectivity index (χ4v) is 0.894. The van der Waals surface area contributed by atoms with Crippen molar-refractivity contribution in [1.29, 1.82) is 0 Å². The predicted molar refractivity (Wildman–Crippen MR) is 50.4 cm³/mol. The van der Waals surface area contributed by atoms with Crippen LogP contribution >= 0.6 is 12.2 Å². The Kier molecular flexibility index (Phi) is 5.60. The molecule has 0 bridgehead atoms. The van der Waals surface area contributed by atoms with Gasteiger partial charge in [0, 0.05) is 14.1 Å². The Hall–Kier alpha value is -0.110. The third-order valence-electron chi connectivity index (χ3n) is 1.49. The average molecular weight is 159 g/mol. The van der Waals surface area contributed by atoms with Gasteiger partial charge in [-0.25, -0.2) is 0 Å². The third kappa shape index (κ3) is 4.74. The average Bonchev–Trinajstić information content (AvgIpc) is 1.88. The molecule has 0 amide bonds. The first-order valence-corrected chi connectivity index (χ1v) is 4.29. The summed E-state index contributed by atoms with van der Waals surface area (Å²) >= 11 is 5.12. The molecule has 0 saturated heterocycles. The summed E-state index contributed by atoms with van der Waals surface area (Å²) in [5, 5.41) is 0. The highest BCUT2D eigenvalue weighted by Gasteiger charge is 1.96. The van der Waals surface area contributed by atoms with Crippen LogP contribution in [0.15, 0.2) is 0 Å². The number of hydrogen-bond acceptors (Lipinski definition) is 1. The molecule has 0 aliphatic carbocycles. The molecule has 0 radical (unpaired) electrons. The van der Waals surface area contributed by atoms with Crippen LogP contribution in [0.1, 0.15) is 32.6 Å². The van der Waals surface area contributed by atoms with E-state index in [0.29, 0.717) is 0 Å². The van der Waals surface area contributed by atoms with Gasteiger partial charge in [0.05, 0.1) is 4.99 Å². The fourth-order valence-electron chi connectivity index (χ4n) is 0.750. The molecule has 0 aliphatic rings. The molecule has 0 saturated carbocycles. The van der Waals surface area contributed by atoms with Crippen LogP contribution in [0.5, 0.6) is 0 Å². The van der Waals surface area contributed by atoms with E-state index in [0.717, 1.165) is 11.4 Å². The lowest BCUT2D eigenvalue weighted by molar-refractivity contribution is 0.604. The van der Waals surface area contributed by atoms with Crippen molar-refractivity contribution in [2.24, 2.45) is 0 Å². The molecule has 0 spiro atoms. The Morgan fingerprint density at radius 1 is 1.30 bits per heavy atom. The van der Waals surface area contributed by atoms with E-state index >= 15 is 0 Å². The smallest absolute Gasteiger partial charge is 0.0774 e. The second kappa shape index (κ2) is 5.66. The molecule has 0 unspecified atom stereocenters. The van der Waals surface area contributed by atoms with E-state index in [2.05, 4.69) is 6.92 Å². The standard InChI is InChI=1S/C8H17NS/c1-4-5-6-7-8(10)9(2)3/h4-7H2,1-3H3. The van der Waals surface area contributed by atoms with E-state index in [1.807, 2.05) is 19.0 Å². The molecule has 0 aromatic carbocycles. The van der Waals surface area contributed by atoms with Crippen LogP contribution in [0.25, 0.3) is 0 Å². The van der Waals surface area contributed by atoms with Crippen molar-refractivity contribution in [2.45, 2.75) is 32.6 Å². The minimum atomic E-state index is 1.08. The molecule has 0 N–H and O–H groups in total. The highest BCUT2D eigenvalue weighted by atomic mass is 32.1. The molecule has 0 fully saturated rings. The molecule has 2 heteroatoms. The summed E-state index contributed by atoms with van der Waals surface area (Å²) < 4.78 is 0. The number of thiocarbonyl (C=S) groups is 1. The first-order chi connectivity index (χ1) is 4.68. The van der Waals surface area contributed by atoms with E-state index < -0.39 is 0 Å². The van der Waals surface area contributed by atoms with Gasteiger partial charge in [0.25, 0.3) is 0 Å². The maximum absolute atomic E-state index is 5.12. The van der Waals surface area contributed by atoms with Crippen molar-refractivity contribution in [3.8, 4) is 0 Å². The van der Waals surface area contributed by atoms with E-state index in [4.69, 9.17) is 12.2 Å². The van der Waals surface area contributed by atoms with E-state index in [9.17, 15) is 0 Å². The number of nitrogens with zero attached hydrogens (tertiary/aromatic N) is 1. The zero-order chi connectivity index (χ0) is 7.98. The molecule has 10 heavy (non-hydrogen) atoms. The molecule has 0 aromatic rings. The van der Waals surface area contributed by atoms with Crippen molar-refractivity contribution < 1.29 is 0 Å². The van der Waals surface area contributed by atoms with Crippen molar-refractivity contribution >= 4 is 17.2 Å². The summed E-state index contributed by atoms with van der Waals surface area (Å²) in [4.78, 5) is 3.10. The topological polar surface area (TPSA) is 3.24 Å². The summed E-state index contributed by atoms with van der Waals surface area (Å²) in [5.41, 5.74) is 0. The summed E-state index contributed by atoms with van der Waals surface area (Å²) in [6.07, 6.45) is 4.90. The maximum Gasteiger partial charge on any atom is 0.0774 e. The minimum Gasteiger partial charge on any atom is -0.372 e. The Morgan fingerprint density at radius 2 is 1.90 bits per heavy atom. The highest BCUT2D eigenvalue weighted by molar-refractivity contribution is 7.80. The van der Waals surface area contributed by atoms with Gasteiger partial charge in [-0.1, -0.05) is 32.0 Å². The van der Waals surface area contributed by atoms with Crippen LogP contribution in [-0.2, 0) is 0 Å². The largest absolute Gasteiger partial charge is 0.372 e. The molecule has 0 atom stereocenters. The van der Waals surface area contributed by atoms with Gasteiger partial charge in [-0.15, -0.1) is 0 Å². The van der Waals surface area contributed by atoms with Crippen LogP contribution in [0, 0.1) is 0 Å². The highest BCUT2D eigenvalue weighted by Crippen LogP contribution is 2.01. The summed E-state index contributed by atoms with van der Waals surface area (Å²) in [7, 11) is 4.02. The zero-order valence-corrected chi connectivity index (χ0v) is 8.00. The van der Waals surface area contributed by atoms with Crippen LogP contribution in [0.3, 0.4) is 0 Å². The second-order valence-electron chi connectivity index (χ2n) is 2.75. The van der Waals surface area contributed by atoms with Gasteiger partial charge in [-0.05, 0) is 12.8 Å². The lowest BCUT2D eigenvalue weighted by atomic mass is 10.2. The number of hydrogen-bond donors (Lipinski definition) is 0. The van der Waals surface area contributed by atoms with Gasteiger partial charge < -0.3 is 4.90 Å². The Labute approximate surface area is 69.4 Å². The van der Waals surface area contributed by atoms with Crippen LogP contribution in [0.2, 0.25) is 0 Å². The molecule has 0 aliphatic heterocycles. The first kappa shape index (κ1) is 9.89.